The van der Waals surface area contributed by atoms with Gasteiger partial charge in [0.05, 0.1) is 0 Å². The Kier molecular flexibility index (Phi) is 10.4. The maximum atomic E-state index is 5.63. The van der Waals surface area contributed by atoms with Crippen molar-refractivity contribution in [3.63, 3.8) is 0 Å². The lowest BCUT2D eigenvalue weighted by Gasteiger charge is -2.25. The Labute approximate surface area is 87.7 Å². The van der Waals surface area contributed by atoms with Crippen LogP contribution in [0, 0.1) is 0 Å². The van der Waals surface area contributed by atoms with E-state index < -0.39 is 8.56 Å². The van der Waals surface area contributed by atoms with Crippen molar-refractivity contribution in [3.05, 3.63) is 0 Å². The molecule has 0 aliphatic rings. The summed E-state index contributed by atoms with van der Waals surface area (Å²) < 4.78 is 11.3. The molecule has 0 amide bonds. The summed E-state index contributed by atoms with van der Waals surface area (Å²) in [5, 5.41) is 0. The number of rotatable bonds is 6. The molecule has 0 aromatic rings. The van der Waals surface area contributed by atoms with Gasteiger partial charge in [-0.1, -0.05) is 13.3 Å². The highest BCUT2D eigenvalue weighted by Crippen LogP contribution is 2.14. The Morgan fingerprint density at radius 2 is 1.42 bits per heavy atom. The van der Waals surface area contributed by atoms with E-state index in [1.54, 1.807) is 0 Å². The van der Waals surface area contributed by atoms with Gasteiger partial charge in [-0.15, -0.1) is 17.0 Å². The van der Waals surface area contributed by atoms with Gasteiger partial charge in [0, 0.05) is 13.2 Å². The molecule has 0 fully saturated rings. The summed E-state index contributed by atoms with van der Waals surface area (Å²) in [6.07, 6.45) is 1.16. The quantitative estimate of drug-likeness (QED) is 0.681. The van der Waals surface area contributed by atoms with Gasteiger partial charge in [-0.05, 0) is 26.4 Å². The normalized spacial score (nSPS) is 11.0. The van der Waals surface area contributed by atoms with Crippen LogP contribution >= 0.6 is 17.0 Å². The fourth-order valence-corrected chi connectivity index (χ4v) is 3.75. The molecule has 0 saturated heterocycles. The summed E-state index contributed by atoms with van der Waals surface area (Å²) in [5.41, 5.74) is 0. The first-order chi connectivity index (χ1) is 5.18. The molecule has 76 valence electrons. The van der Waals surface area contributed by atoms with Crippen LogP contribution in [0.4, 0.5) is 0 Å². The van der Waals surface area contributed by atoms with Crippen LogP contribution in [-0.2, 0) is 8.85 Å². The zero-order valence-electron chi connectivity index (χ0n) is 8.55. The van der Waals surface area contributed by atoms with E-state index in [4.69, 9.17) is 8.85 Å². The maximum Gasteiger partial charge on any atom is 0.334 e. The Bertz CT molecular complexity index is 84.0. The number of halogens is 1. The molecule has 0 aromatic heterocycles. The third-order valence-electron chi connectivity index (χ3n) is 1.60. The maximum absolute atomic E-state index is 5.63. The molecule has 0 saturated carbocycles. The Balaban J connectivity index is 0. The molecule has 0 atom stereocenters. The minimum absolute atomic E-state index is 0. The Morgan fingerprint density at radius 1 is 1.00 bits per heavy atom. The van der Waals surface area contributed by atoms with Crippen LogP contribution in [0.5, 0.6) is 0 Å². The van der Waals surface area contributed by atoms with Crippen LogP contribution in [0.3, 0.4) is 0 Å². The van der Waals surface area contributed by atoms with Crippen LogP contribution < -0.4 is 0 Å². The number of hydrogen-bond donors (Lipinski definition) is 0. The second kappa shape index (κ2) is 8.23. The summed E-state index contributed by atoms with van der Waals surface area (Å²) in [4.78, 5) is 0. The molecule has 0 aromatic carbocycles. The van der Waals surface area contributed by atoms with Crippen molar-refractivity contribution in [2.45, 2.75) is 39.8 Å². The monoisotopic (exact) mass is 256 g/mol. The molecule has 0 heterocycles. The lowest BCUT2D eigenvalue weighted by Crippen LogP contribution is -2.38. The fourth-order valence-electron chi connectivity index (χ4n) is 1.25. The van der Waals surface area contributed by atoms with Crippen molar-refractivity contribution in [1.29, 1.82) is 0 Å². The molecule has 0 unspecified atom stereocenters. The average molecular weight is 257 g/mol. The molecule has 0 spiro atoms. The largest absolute Gasteiger partial charge is 0.395 e. The minimum Gasteiger partial charge on any atom is -0.395 e. The van der Waals surface area contributed by atoms with E-state index >= 15 is 0 Å². The molecule has 0 radical (unpaired) electrons. The zero-order valence-corrected chi connectivity index (χ0v) is 11.3. The van der Waals surface area contributed by atoms with Gasteiger partial charge in [-0.3, -0.25) is 0 Å². The van der Waals surface area contributed by atoms with Crippen molar-refractivity contribution in [2.75, 3.05) is 13.2 Å². The summed E-state index contributed by atoms with van der Waals surface area (Å²) in [6, 6.07) is 1.11. The van der Waals surface area contributed by atoms with E-state index in [2.05, 4.69) is 13.5 Å². The molecule has 4 heteroatoms. The second-order valence-electron chi connectivity index (χ2n) is 2.75. The van der Waals surface area contributed by atoms with Crippen LogP contribution in [0.1, 0.15) is 27.2 Å². The van der Waals surface area contributed by atoms with Crippen LogP contribution in [0.15, 0.2) is 0 Å². The van der Waals surface area contributed by atoms with Gasteiger partial charge in [0.15, 0.2) is 0 Å². The lowest BCUT2D eigenvalue weighted by molar-refractivity contribution is 0.189. The molecule has 0 aliphatic heterocycles. The van der Waals surface area contributed by atoms with Gasteiger partial charge in [0.25, 0.3) is 0 Å². The first-order valence-corrected chi connectivity index (χ1v) is 6.98. The highest BCUT2D eigenvalue weighted by Gasteiger charge is 2.28. The van der Waals surface area contributed by atoms with Gasteiger partial charge in [0.1, 0.15) is 0 Å². The van der Waals surface area contributed by atoms with Gasteiger partial charge >= 0.3 is 8.56 Å². The van der Waals surface area contributed by atoms with Crippen molar-refractivity contribution >= 4 is 25.5 Å². The summed E-state index contributed by atoms with van der Waals surface area (Å²) >= 11 is 0. The van der Waals surface area contributed by atoms with Crippen LogP contribution in [0.25, 0.3) is 0 Å². The highest BCUT2D eigenvalue weighted by atomic mass is 79.9. The predicted octanol–water partition coefficient (Wildman–Crippen LogP) is 3.12. The van der Waals surface area contributed by atoms with E-state index in [0.717, 1.165) is 25.7 Å². The lowest BCUT2D eigenvalue weighted by atomic mass is 10.6. The van der Waals surface area contributed by atoms with E-state index in [9.17, 15) is 0 Å². The third-order valence-corrected chi connectivity index (χ3v) is 4.81. The Hall–Kier alpha value is 0.617. The topological polar surface area (TPSA) is 18.5 Å². The summed E-state index contributed by atoms with van der Waals surface area (Å²) in [5.74, 6) is 0. The van der Waals surface area contributed by atoms with E-state index in [1.807, 2.05) is 13.8 Å². The van der Waals surface area contributed by atoms with Gasteiger partial charge < -0.3 is 8.85 Å². The van der Waals surface area contributed by atoms with E-state index in [-0.39, 0.29) is 17.0 Å². The minimum atomic E-state index is -1.75. The van der Waals surface area contributed by atoms with Crippen LogP contribution in [-0.4, -0.2) is 21.8 Å². The summed E-state index contributed by atoms with van der Waals surface area (Å²) in [6.45, 7) is 9.93. The van der Waals surface area contributed by atoms with Gasteiger partial charge in [-0.2, -0.15) is 0 Å². The molecular formula is C8H21BrO2Si. The number of hydrogen-bond acceptors (Lipinski definition) is 2. The fraction of sp³-hybridized carbons (Fsp3) is 1.00. The molecule has 12 heavy (non-hydrogen) atoms. The molecule has 0 aliphatic carbocycles. The van der Waals surface area contributed by atoms with Crippen LogP contribution in [0.2, 0.25) is 12.6 Å². The predicted molar refractivity (Wildman–Crippen MR) is 60.3 cm³/mol. The smallest absolute Gasteiger partial charge is 0.334 e. The highest BCUT2D eigenvalue weighted by molar-refractivity contribution is 8.93. The third kappa shape index (κ3) is 6.17. The first kappa shape index (κ1) is 15.1. The standard InChI is InChI=1S/C8H20O2Si.BrH/c1-5-8-11(4,9-6-2)10-7-3;/h5-8H2,1-4H3;1H. The molecule has 2 nitrogen and oxygen atoms in total. The van der Waals surface area contributed by atoms with Gasteiger partial charge in [0.2, 0.25) is 0 Å². The second-order valence-corrected chi connectivity index (χ2v) is 6.09. The molecule has 0 rings (SSSR count). The van der Waals surface area contributed by atoms with E-state index in [1.165, 1.54) is 0 Å². The van der Waals surface area contributed by atoms with Crippen molar-refractivity contribution in [2.24, 2.45) is 0 Å². The first-order valence-electron chi connectivity index (χ1n) is 4.46. The van der Waals surface area contributed by atoms with Crippen molar-refractivity contribution < 1.29 is 8.85 Å². The Morgan fingerprint density at radius 3 is 1.67 bits per heavy atom. The van der Waals surface area contributed by atoms with Crippen molar-refractivity contribution in [3.8, 4) is 0 Å². The van der Waals surface area contributed by atoms with E-state index in [0.29, 0.717) is 0 Å². The average Bonchev–Trinajstić information content (AvgIpc) is 1.88. The zero-order chi connectivity index (χ0) is 8.74. The molecule has 0 N–H and O–H groups in total. The molecule has 0 bridgehead atoms. The summed E-state index contributed by atoms with van der Waals surface area (Å²) in [7, 11) is -1.75. The molecular weight excluding hydrogens is 236 g/mol. The SMILES string of the molecule is Br.CCC[Si](C)(OCC)OCC. The van der Waals surface area contributed by atoms with Crippen molar-refractivity contribution in [1.82, 2.24) is 0 Å². The van der Waals surface area contributed by atoms with Gasteiger partial charge in [-0.25, -0.2) is 0 Å².